The van der Waals surface area contributed by atoms with Gasteiger partial charge in [0.1, 0.15) is 18.3 Å². The number of ether oxygens (including phenoxy) is 1. The van der Waals surface area contributed by atoms with E-state index in [2.05, 4.69) is 5.32 Å². The normalized spacial score (nSPS) is 33.3. The lowest BCUT2D eigenvalue weighted by Gasteiger charge is -2.42. The van der Waals surface area contributed by atoms with E-state index in [4.69, 9.17) is 19.6 Å². The van der Waals surface area contributed by atoms with Crippen molar-refractivity contribution >= 4 is 13.5 Å². The summed E-state index contributed by atoms with van der Waals surface area (Å²) in [4.78, 5) is 29.4. The molecular formula is C10H20NO9P. The zero-order valence-corrected chi connectivity index (χ0v) is 12.1. The number of hydrogen-bond acceptors (Lipinski definition) is 7. The fraction of sp³-hybridized carbons (Fsp3) is 0.900. The summed E-state index contributed by atoms with van der Waals surface area (Å²) in [5, 5.41) is 40.4. The first kappa shape index (κ1) is 18.5. The molecule has 0 aliphatic carbocycles. The smallest absolute Gasteiger partial charge is 0.354 e. The van der Waals surface area contributed by atoms with Gasteiger partial charge in [0.2, 0.25) is 5.91 Å². The van der Waals surface area contributed by atoms with E-state index in [0.717, 1.165) is 6.92 Å². The summed E-state index contributed by atoms with van der Waals surface area (Å²) >= 11 is 0. The molecule has 10 nitrogen and oxygen atoms in total. The molecule has 0 aromatic carbocycles. The SMILES string of the molecule is CC(=O)N[C@H]1[C@H]([C@H](O)[C@H](O)CO)O[C@H](P(=O)(O)O)C[C@@H]1O. The monoisotopic (exact) mass is 329 g/mol. The maximum Gasteiger partial charge on any atom is 0.354 e. The molecule has 0 aromatic rings. The second-order valence-electron chi connectivity index (χ2n) is 4.91. The van der Waals surface area contributed by atoms with Gasteiger partial charge in [-0.1, -0.05) is 0 Å². The number of carbonyl (C=O) groups is 1. The minimum atomic E-state index is -4.71. The van der Waals surface area contributed by atoms with Crippen molar-refractivity contribution in [1.29, 1.82) is 0 Å². The van der Waals surface area contributed by atoms with Gasteiger partial charge in [0.25, 0.3) is 0 Å². The highest BCUT2D eigenvalue weighted by Gasteiger charge is 2.48. The topological polar surface area (TPSA) is 177 Å². The van der Waals surface area contributed by atoms with E-state index < -0.39 is 62.8 Å². The molecule has 1 aliphatic rings. The highest BCUT2D eigenvalue weighted by molar-refractivity contribution is 7.52. The lowest BCUT2D eigenvalue weighted by atomic mass is 9.92. The van der Waals surface area contributed by atoms with Crippen LogP contribution in [0.25, 0.3) is 0 Å². The van der Waals surface area contributed by atoms with Gasteiger partial charge in [0.15, 0.2) is 5.85 Å². The fourth-order valence-corrected chi connectivity index (χ4v) is 2.93. The van der Waals surface area contributed by atoms with Crippen molar-refractivity contribution in [3.05, 3.63) is 0 Å². The Bertz CT molecular complexity index is 413. The van der Waals surface area contributed by atoms with Crippen LogP contribution in [-0.4, -0.2) is 79.0 Å². The molecule has 0 radical (unpaired) electrons. The first-order chi connectivity index (χ1) is 9.57. The third-order valence-electron chi connectivity index (χ3n) is 3.19. The Balaban J connectivity index is 3.02. The Morgan fingerprint density at radius 2 is 2.00 bits per heavy atom. The molecule has 0 bridgehead atoms. The van der Waals surface area contributed by atoms with Crippen molar-refractivity contribution in [3.63, 3.8) is 0 Å². The van der Waals surface area contributed by atoms with E-state index in [-0.39, 0.29) is 0 Å². The molecule has 0 saturated carbocycles. The molecule has 0 spiro atoms. The molecule has 1 saturated heterocycles. The largest absolute Gasteiger partial charge is 0.394 e. The van der Waals surface area contributed by atoms with Gasteiger partial charge in [-0.25, -0.2) is 0 Å². The molecule has 1 fully saturated rings. The third-order valence-corrected chi connectivity index (χ3v) is 4.27. The Kier molecular flexibility index (Phi) is 6.26. The van der Waals surface area contributed by atoms with Gasteiger partial charge in [-0.3, -0.25) is 9.36 Å². The molecular weight excluding hydrogens is 309 g/mol. The summed E-state index contributed by atoms with van der Waals surface area (Å²) in [6.07, 6.45) is -6.75. The summed E-state index contributed by atoms with van der Waals surface area (Å²) in [7, 11) is -4.71. The summed E-state index contributed by atoms with van der Waals surface area (Å²) in [5.74, 6) is -2.24. The van der Waals surface area contributed by atoms with Crippen LogP contribution in [0.15, 0.2) is 0 Å². The molecule has 11 heteroatoms. The van der Waals surface area contributed by atoms with Crippen LogP contribution in [-0.2, 0) is 14.1 Å². The number of amides is 1. The van der Waals surface area contributed by atoms with Crippen molar-refractivity contribution < 1.29 is 44.3 Å². The summed E-state index contributed by atoms with van der Waals surface area (Å²) in [5.41, 5.74) is 0. The number of carbonyl (C=O) groups excluding carboxylic acids is 1. The molecule has 7 N–H and O–H groups in total. The first-order valence-electron chi connectivity index (χ1n) is 6.20. The standard InChI is InChI=1S/C10H20NO9P/c1-4(13)11-8-5(14)2-7(21(17,18)19)20-10(8)9(16)6(15)3-12/h5-10,12,14-16H,2-3H2,1H3,(H,11,13)(H2,17,18,19)/t5-,6+,7+,8+,9+,10+/m0/s1. The van der Waals surface area contributed by atoms with Crippen molar-refractivity contribution in [2.45, 2.75) is 49.6 Å². The highest BCUT2D eigenvalue weighted by atomic mass is 31.2. The molecule has 21 heavy (non-hydrogen) atoms. The quantitative estimate of drug-likeness (QED) is 0.257. The third kappa shape index (κ3) is 4.70. The predicted molar refractivity (Wildman–Crippen MR) is 68.0 cm³/mol. The van der Waals surface area contributed by atoms with Crippen LogP contribution in [0.2, 0.25) is 0 Å². The molecule has 6 atom stereocenters. The fourth-order valence-electron chi connectivity index (χ4n) is 2.14. The van der Waals surface area contributed by atoms with Crippen LogP contribution in [0.1, 0.15) is 13.3 Å². The van der Waals surface area contributed by atoms with Gasteiger partial charge < -0.3 is 40.3 Å². The minimum absolute atomic E-state index is 0.451. The average molecular weight is 329 g/mol. The number of hydrogen-bond donors (Lipinski definition) is 7. The van der Waals surface area contributed by atoms with E-state index in [1.807, 2.05) is 0 Å². The Morgan fingerprint density at radius 3 is 2.43 bits per heavy atom. The van der Waals surface area contributed by atoms with Crippen LogP contribution in [0.3, 0.4) is 0 Å². The number of nitrogens with one attached hydrogen (secondary N) is 1. The van der Waals surface area contributed by atoms with Crippen molar-refractivity contribution in [2.75, 3.05) is 6.61 Å². The van der Waals surface area contributed by atoms with E-state index in [0.29, 0.717) is 0 Å². The van der Waals surface area contributed by atoms with E-state index in [1.165, 1.54) is 0 Å². The zero-order valence-electron chi connectivity index (χ0n) is 11.2. The van der Waals surface area contributed by atoms with E-state index in [9.17, 15) is 24.7 Å². The number of aliphatic hydroxyl groups excluding tert-OH is 4. The van der Waals surface area contributed by atoms with E-state index >= 15 is 0 Å². The Morgan fingerprint density at radius 1 is 1.43 bits per heavy atom. The van der Waals surface area contributed by atoms with Crippen LogP contribution in [0.4, 0.5) is 0 Å². The molecule has 0 unspecified atom stereocenters. The van der Waals surface area contributed by atoms with Gasteiger partial charge in [-0.05, 0) is 0 Å². The predicted octanol–water partition coefficient (Wildman–Crippen LogP) is -3.14. The van der Waals surface area contributed by atoms with Crippen molar-refractivity contribution in [2.24, 2.45) is 0 Å². The number of rotatable bonds is 5. The molecule has 1 aliphatic heterocycles. The van der Waals surface area contributed by atoms with Gasteiger partial charge in [0, 0.05) is 13.3 Å². The lowest BCUT2D eigenvalue weighted by molar-refractivity contribution is -0.168. The highest BCUT2D eigenvalue weighted by Crippen LogP contribution is 2.47. The van der Waals surface area contributed by atoms with Crippen molar-refractivity contribution in [3.8, 4) is 0 Å². The van der Waals surface area contributed by atoms with Gasteiger partial charge in [0.05, 0.1) is 18.8 Å². The Labute approximate surface area is 120 Å². The van der Waals surface area contributed by atoms with Crippen LogP contribution < -0.4 is 5.32 Å². The molecule has 1 rings (SSSR count). The summed E-state index contributed by atoms with van der Waals surface area (Å²) in [6.45, 7) is 0.318. The summed E-state index contributed by atoms with van der Waals surface area (Å²) < 4.78 is 16.3. The molecule has 0 aromatic heterocycles. The maximum absolute atomic E-state index is 11.2. The van der Waals surface area contributed by atoms with Gasteiger partial charge >= 0.3 is 7.60 Å². The number of aliphatic hydroxyl groups is 4. The first-order valence-corrected chi connectivity index (χ1v) is 7.89. The van der Waals surface area contributed by atoms with Crippen LogP contribution >= 0.6 is 7.60 Å². The zero-order chi connectivity index (χ0) is 16.4. The van der Waals surface area contributed by atoms with Gasteiger partial charge in [-0.2, -0.15) is 0 Å². The maximum atomic E-state index is 11.2. The minimum Gasteiger partial charge on any atom is -0.394 e. The van der Waals surface area contributed by atoms with Crippen molar-refractivity contribution in [1.82, 2.24) is 5.32 Å². The summed E-state index contributed by atoms with van der Waals surface area (Å²) in [6, 6.07) is -1.18. The van der Waals surface area contributed by atoms with Gasteiger partial charge in [-0.15, -0.1) is 0 Å². The molecule has 1 amide bonds. The average Bonchev–Trinajstić information content (AvgIpc) is 2.37. The second-order valence-corrected chi connectivity index (χ2v) is 6.67. The Hall–Kier alpha value is -0.580. The molecule has 124 valence electrons. The second kappa shape index (κ2) is 7.12. The molecule has 1 heterocycles. The van der Waals surface area contributed by atoms with Crippen LogP contribution in [0.5, 0.6) is 0 Å². The van der Waals surface area contributed by atoms with Crippen LogP contribution in [0, 0.1) is 0 Å². The van der Waals surface area contributed by atoms with E-state index in [1.54, 1.807) is 0 Å². The lowest BCUT2D eigenvalue weighted by Crippen LogP contribution is -2.62.